The Balaban J connectivity index is 2.16. The number of benzene rings is 1. The molecule has 0 bridgehead atoms. The second-order valence-corrected chi connectivity index (χ2v) is 6.12. The van der Waals surface area contributed by atoms with Gasteiger partial charge in [-0.05, 0) is 49.7 Å². The minimum Gasteiger partial charge on any atom is -0.465 e. The van der Waals surface area contributed by atoms with E-state index < -0.39 is 10.0 Å². The van der Waals surface area contributed by atoms with Crippen molar-refractivity contribution in [1.29, 1.82) is 0 Å². The van der Waals surface area contributed by atoms with Gasteiger partial charge < -0.3 is 10.2 Å². The molecule has 2 rings (SSSR count). The second-order valence-electron chi connectivity index (χ2n) is 4.36. The first kappa shape index (κ1) is 13.6. The number of furan rings is 1. The molecular weight excluding hydrogens is 264 g/mol. The Morgan fingerprint density at radius 2 is 1.95 bits per heavy atom. The first-order valence-corrected chi connectivity index (χ1v) is 7.28. The van der Waals surface area contributed by atoms with Gasteiger partial charge in [0.25, 0.3) is 0 Å². The van der Waals surface area contributed by atoms with E-state index in [1.54, 1.807) is 38.1 Å². The molecule has 0 aliphatic carbocycles. The van der Waals surface area contributed by atoms with Crippen LogP contribution in [-0.2, 0) is 16.6 Å². The molecule has 0 amide bonds. The van der Waals surface area contributed by atoms with Crippen LogP contribution < -0.4 is 10.5 Å². The fourth-order valence-corrected chi connectivity index (χ4v) is 2.72. The quantitative estimate of drug-likeness (QED) is 0.838. The highest BCUT2D eigenvalue weighted by Gasteiger charge is 2.15. The predicted octanol–water partition coefficient (Wildman–Crippen LogP) is 1.96. The molecule has 6 heteroatoms. The largest absolute Gasteiger partial charge is 0.465 e. The van der Waals surface area contributed by atoms with Gasteiger partial charge in [-0.1, -0.05) is 0 Å². The topological polar surface area (TPSA) is 85.3 Å². The van der Waals surface area contributed by atoms with Gasteiger partial charge in [-0.15, -0.1) is 0 Å². The first-order valence-electron chi connectivity index (χ1n) is 5.79. The van der Waals surface area contributed by atoms with Crippen molar-refractivity contribution in [2.24, 2.45) is 0 Å². The summed E-state index contributed by atoms with van der Waals surface area (Å²) >= 11 is 0. The third-order valence-electron chi connectivity index (χ3n) is 2.78. The van der Waals surface area contributed by atoms with Crippen LogP contribution in [0, 0.1) is 13.8 Å². The number of sulfonamides is 1. The van der Waals surface area contributed by atoms with Crippen molar-refractivity contribution in [3.8, 4) is 0 Å². The van der Waals surface area contributed by atoms with Gasteiger partial charge in [-0.2, -0.15) is 0 Å². The molecule has 0 aliphatic rings. The number of nitrogen functional groups attached to an aromatic ring is 1. The molecule has 1 aromatic carbocycles. The van der Waals surface area contributed by atoms with Crippen LogP contribution in [-0.4, -0.2) is 8.42 Å². The monoisotopic (exact) mass is 280 g/mol. The van der Waals surface area contributed by atoms with E-state index in [0.717, 1.165) is 11.3 Å². The molecule has 102 valence electrons. The van der Waals surface area contributed by atoms with Gasteiger partial charge in [0.15, 0.2) is 0 Å². The standard InChI is InChI=1S/C13H16N2O3S/c1-9-7-12(5-6-13(9)14)19(16,17)15-8-11-4-3-10(2)18-11/h3-7,15H,8,14H2,1-2H3. The van der Waals surface area contributed by atoms with Crippen LogP contribution >= 0.6 is 0 Å². The van der Waals surface area contributed by atoms with Crippen LogP contribution in [0.2, 0.25) is 0 Å². The van der Waals surface area contributed by atoms with Crippen molar-refractivity contribution < 1.29 is 12.8 Å². The van der Waals surface area contributed by atoms with E-state index in [4.69, 9.17) is 10.2 Å². The lowest BCUT2D eigenvalue weighted by Gasteiger charge is -2.07. The van der Waals surface area contributed by atoms with Crippen molar-refractivity contribution >= 4 is 15.7 Å². The van der Waals surface area contributed by atoms with E-state index in [9.17, 15) is 8.42 Å². The summed E-state index contributed by atoms with van der Waals surface area (Å²) in [4.78, 5) is 0.197. The molecule has 1 heterocycles. The molecular formula is C13H16N2O3S. The van der Waals surface area contributed by atoms with Crippen LogP contribution in [0.3, 0.4) is 0 Å². The lowest BCUT2D eigenvalue weighted by Crippen LogP contribution is -2.23. The normalized spacial score (nSPS) is 11.7. The molecule has 0 unspecified atom stereocenters. The maximum atomic E-state index is 12.1. The Bertz CT molecular complexity index is 690. The van der Waals surface area contributed by atoms with Crippen LogP contribution in [0.5, 0.6) is 0 Å². The third-order valence-corrected chi connectivity index (χ3v) is 4.18. The molecule has 0 fully saturated rings. The Morgan fingerprint density at radius 1 is 1.21 bits per heavy atom. The van der Waals surface area contributed by atoms with E-state index in [1.165, 1.54) is 6.07 Å². The fraction of sp³-hybridized carbons (Fsp3) is 0.231. The van der Waals surface area contributed by atoms with Gasteiger partial charge in [0.05, 0.1) is 11.4 Å². The maximum Gasteiger partial charge on any atom is 0.240 e. The summed E-state index contributed by atoms with van der Waals surface area (Å²) in [5, 5.41) is 0. The second kappa shape index (κ2) is 5.07. The number of nitrogens with one attached hydrogen (secondary N) is 1. The zero-order chi connectivity index (χ0) is 14.0. The van der Waals surface area contributed by atoms with Crippen LogP contribution in [0.4, 0.5) is 5.69 Å². The average molecular weight is 280 g/mol. The van der Waals surface area contributed by atoms with Crippen molar-refractivity contribution in [3.05, 3.63) is 47.4 Å². The third kappa shape index (κ3) is 3.15. The molecule has 5 nitrogen and oxygen atoms in total. The van der Waals surface area contributed by atoms with Gasteiger partial charge in [0.2, 0.25) is 10.0 Å². The molecule has 3 N–H and O–H groups in total. The smallest absolute Gasteiger partial charge is 0.240 e. The molecule has 0 saturated carbocycles. The Kier molecular flexibility index (Phi) is 3.64. The van der Waals surface area contributed by atoms with Crippen molar-refractivity contribution in [2.75, 3.05) is 5.73 Å². The van der Waals surface area contributed by atoms with Crippen LogP contribution in [0.25, 0.3) is 0 Å². The number of rotatable bonds is 4. The van der Waals surface area contributed by atoms with Crippen molar-refractivity contribution in [3.63, 3.8) is 0 Å². The zero-order valence-corrected chi connectivity index (χ0v) is 11.6. The van der Waals surface area contributed by atoms with Gasteiger partial charge in [-0.25, -0.2) is 13.1 Å². The first-order chi connectivity index (χ1) is 8.88. The van der Waals surface area contributed by atoms with Crippen molar-refractivity contribution in [2.45, 2.75) is 25.3 Å². The molecule has 2 aromatic rings. The predicted molar refractivity (Wildman–Crippen MR) is 73.1 cm³/mol. The lowest BCUT2D eigenvalue weighted by atomic mass is 10.2. The highest BCUT2D eigenvalue weighted by Crippen LogP contribution is 2.17. The summed E-state index contributed by atoms with van der Waals surface area (Å²) in [5.41, 5.74) is 6.97. The molecule has 0 saturated heterocycles. The number of aryl methyl sites for hydroxylation is 2. The van der Waals surface area contributed by atoms with E-state index in [1.807, 2.05) is 0 Å². The summed E-state index contributed by atoms with van der Waals surface area (Å²) in [5.74, 6) is 1.32. The number of hydrogen-bond donors (Lipinski definition) is 2. The molecule has 19 heavy (non-hydrogen) atoms. The number of hydrogen-bond acceptors (Lipinski definition) is 4. The van der Waals surface area contributed by atoms with E-state index >= 15 is 0 Å². The summed E-state index contributed by atoms with van der Waals surface area (Å²) in [6.45, 7) is 3.70. The van der Waals surface area contributed by atoms with Gasteiger partial charge in [0, 0.05) is 5.69 Å². The van der Waals surface area contributed by atoms with E-state index in [-0.39, 0.29) is 11.4 Å². The molecule has 0 aliphatic heterocycles. The highest BCUT2D eigenvalue weighted by atomic mass is 32.2. The highest BCUT2D eigenvalue weighted by molar-refractivity contribution is 7.89. The zero-order valence-electron chi connectivity index (χ0n) is 10.8. The summed E-state index contributed by atoms with van der Waals surface area (Å²) in [6, 6.07) is 8.15. The van der Waals surface area contributed by atoms with Crippen LogP contribution in [0.1, 0.15) is 17.1 Å². The van der Waals surface area contributed by atoms with E-state index in [2.05, 4.69) is 4.72 Å². The molecule has 0 atom stereocenters. The molecule has 1 aromatic heterocycles. The Hall–Kier alpha value is -1.79. The van der Waals surface area contributed by atoms with Gasteiger partial charge in [-0.3, -0.25) is 0 Å². The maximum absolute atomic E-state index is 12.1. The lowest BCUT2D eigenvalue weighted by molar-refractivity contribution is 0.475. The molecule has 0 spiro atoms. The summed E-state index contributed by atoms with van der Waals surface area (Å²) in [7, 11) is -3.55. The summed E-state index contributed by atoms with van der Waals surface area (Å²) in [6.07, 6.45) is 0. The fourth-order valence-electron chi connectivity index (χ4n) is 1.64. The van der Waals surface area contributed by atoms with Crippen molar-refractivity contribution in [1.82, 2.24) is 4.72 Å². The summed E-state index contributed by atoms with van der Waals surface area (Å²) < 4.78 is 32.0. The van der Waals surface area contributed by atoms with Gasteiger partial charge in [0.1, 0.15) is 11.5 Å². The Labute approximate surface area is 112 Å². The minimum absolute atomic E-state index is 0.125. The Morgan fingerprint density at radius 3 is 2.53 bits per heavy atom. The number of nitrogens with two attached hydrogens (primary N) is 1. The van der Waals surface area contributed by atoms with E-state index in [0.29, 0.717) is 11.4 Å². The number of anilines is 1. The minimum atomic E-state index is -3.55. The average Bonchev–Trinajstić information content (AvgIpc) is 2.76. The SMILES string of the molecule is Cc1ccc(CNS(=O)(=O)c2ccc(N)c(C)c2)o1. The van der Waals surface area contributed by atoms with Gasteiger partial charge >= 0.3 is 0 Å². The molecule has 0 radical (unpaired) electrons. The van der Waals surface area contributed by atoms with Crippen LogP contribution in [0.15, 0.2) is 39.6 Å².